The first-order chi connectivity index (χ1) is 16.3. The number of nitrogens with two attached hydrogens (primary N) is 1. The first-order valence-corrected chi connectivity index (χ1v) is 14.4. The van der Waals surface area contributed by atoms with E-state index in [4.69, 9.17) is 5.73 Å². The molecule has 0 bridgehead atoms. The van der Waals surface area contributed by atoms with Crippen molar-refractivity contribution in [3.05, 3.63) is 0 Å². The second kappa shape index (κ2) is 13.4. The Balaban J connectivity index is 3.97. The highest BCUT2D eigenvalue weighted by Crippen LogP contribution is 2.46. The minimum Gasteiger partial charge on any atom is -0.388 e. The molecule has 6 heteroatoms. The van der Waals surface area contributed by atoms with Crippen LogP contribution in [0.25, 0.3) is 0 Å². The van der Waals surface area contributed by atoms with E-state index in [1.165, 1.54) is 0 Å². The van der Waals surface area contributed by atoms with Crippen molar-refractivity contribution in [1.29, 1.82) is 0 Å². The van der Waals surface area contributed by atoms with Gasteiger partial charge in [-0.3, -0.25) is 9.59 Å². The largest absolute Gasteiger partial charge is 0.388 e. The third-order valence-corrected chi connectivity index (χ3v) is 8.27. The van der Waals surface area contributed by atoms with Crippen molar-refractivity contribution in [2.75, 3.05) is 0 Å². The Morgan fingerprint density at radius 2 is 1.09 bits per heavy atom. The first-order valence-electron chi connectivity index (χ1n) is 14.4. The van der Waals surface area contributed by atoms with Gasteiger partial charge in [-0.15, -0.1) is 0 Å². The molecule has 0 spiro atoms. The van der Waals surface area contributed by atoms with Gasteiger partial charge < -0.3 is 20.8 Å². The molecule has 4 N–H and O–H groups in total. The molecule has 2 atom stereocenters. The lowest BCUT2D eigenvalue weighted by atomic mass is 9.71. The summed E-state index contributed by atoms with van der Waals surface area (Å²) in [7, 11) is 0. The number of rotatable bonds is 16. The lowest BCUT2D eigenvalue weighted by Crippen LogP contribution is -2.69. The van der Waals surface area contributed by atoms with Crippen LogP contribution in [0, 0.1) is 17.3 Å². The molecule has 206 valence electrons. The fraction of sp³-hybridized carbons (Fsp3) is 0.931. The van der Waals surface area contributed by atoms with Gasteiger partial charge in [-0.1, -0.05) is 93.9 Å². The van der Waals surface area contributed by atoms with Crippen LogP contribution < -0.4 is 5.73 Å². The number of primary amides is 1. The molecule has 0 radical (unpaired) electrons. The predicted octanol–water partition coefficient (Wildman–Crippen LogP) is 5.57. The molecule has 2 unspecified atom stereocenters. The molecular formula is C29H56N2O4. The van der Waals surface area contributed by atoms with Crippen LogP contribution in [0.3, 0.4) is 0 Å². The molecule has 0 aliphatic heterocycles. The van der Waals surface area contributed by atoms with E-state index in [9.17, 15) is 19.8 Å². The minimum absolute atomic E-state index is 0.0675. The van der Waals surface area contributed by atoms with Crippen LogP contribution in [0.15, 0.2) is 0 Å². The van der Waals surface area contributed by atoms with Crippen LogP contribution in [-0.4, -0.2) is 50.2 Å². The van der Waals surface area contributed by atoms with E-state index in [1.54, 1.807) is 0 Å². The molecular weight excluding hydrogens is 440 g/mol. The van der Waals surface area contributed by atoms with Gasteiger partial charge in [0.1, 0.15) is 5.41 Å². The van der Waals surface area contributed by atoms with Crippen LogP contribution in [-0.2, 0) is 9.59 Å². The molecule has 0 aromatic heterocycles. The third-order valence-electron chi connectivity index (χ3n) is 8.27. The summed E-state index contributed by atoms with van der Waals surface area (Å²) in [5.74, 6) is -0.987. The smallest absolute Gasteiger partial charge is 0.238 e. The van der Waals surface area contributed by atoms with Crippen molar-refractivity contribution >= 4 is 11.8 Å². The zero-order chi connectivity index (χ0) is 27.0. The van der Waals surface area contributed by atoms with Crippen molar-refractivity contribution in [1.82, 2.24) is 4.90 Å². The number of nitrogens with zero attached hydrogens (tertiary/aromatic N) is 1. The average Bonchev–Trinajstić information content (AvgIpc) is 3.24. The van der Waals surface area contributed by atoms with Crippen LogP contribution in [0.4, 0.5) is 0 Å². The van der Waals surface area contributed by atoms with Gasteiger partial charge in [0.25, 0.3) is 0 Å². The summed E-state index contributed by atoms with van der Waals surface area (Å²) in [6, 6.07) is -1.06. The summed E-state index contributed by atoms with van der Waals surface area (Å²) in [6.45, 7) is 16.4. The number of amides is 2. The maximum Gasteiger partial charge on any atom is 0.238 e. The highest BCUT2D eigenvalue weighted by molar-refractivity contribution is 6.05. The summed E-state index contributed by atoms with van der Waals surface area (Å²) >= 11 is 0. The van der Waals surface area contributed by atoms with Gasteiger partial charge in [0.05, 0.1) is 23.3 Å². The number of hydrogen-bond acceptors (Lipinski definition) is 4. The molecule has 1 fully saturated rings. The summed E-state index contributed by atoms with van der Waals surface area (Å²) in [4.78, 5) is 29.4. The highest BCUT2D eigenvalue weighted by atomic mass is 16.3. The molecule has 0 aromatic carbocycles. The Morgan fingerprint density at radius 1 is 0.771 bits per heavy atom. The van der Waals surface area contributed by atoms with Crippen LogP contribution in [0.1, 0.15) is 132 Å². The second-order valence-electron chi connectivity index (χ2n) is 12.0. The van der Waals surface area contributed by atoms with Crippen molar-refractivity contribution in [2.24, 2.45) is 23.0 Å². The fourth-order valence-corrected chi connectivity index (χ4v) is 7.19. The maximum atomic E-state index is 14.7. The number of aliphatic hydroxyl groups is 2. The molecule has 1 aliphatic rings. The maximum absolute atomic E-state index is 14.7. The monoisotopic (exact) mass is 496 g/mol. The van der Waals surface area contributed by atoms with Crippen LogP contribution in [0.5, 0.6) is 0 Å². The molecule has 0 aromatic rings. The van der Waals surface area contributed by atoms with Crippen LogP contribution >= 0.6 is 0 Å². The lowest BCUT2D eigenvalue weighted by molar-refractivity contribution is -0.181. The van der Waals surface area contributed by atoms with Gasteiger partial charge in [0.2, 0.25) is 11.8 Å². The van der Waals surface area contributed by atoms with Crippen molar-refractivity contribution < 1.29 is 19.8 Å². The normalized spacial score (nSPS) is 18.2. The number of carbonyl (C=O) groups is 2. The topological polar surface area (TPSA) is 104 Å². The Kier molecular flexibility index (Phi) is 12.2. The molecule has 35 heavy (non-hydrogen) atoms. The summed E-state index contributed by atoms with van der Waals surface area (Å²) in [6.07, 6.45) is 7.79. The van der Waals surface area contributed by atoms with Gasteiger partial charge in [0.15, 0.2) is 0 Å². The molecule has 1 saturated carbocycles. The van der Waals surface area contributed by atoms with E-state index in [-0.39, 0.29) is 17.7 Å². The van der Waals surface area contributed by atoms with Gasteiger partial charge >= 0.3 is 0 Å². The van der Waals surface area contributed by atoms with E-state index >= 15 is 0 Å². The van der Waals surface area contributed by atoms with E-state index < -0.39 is 34.6 Å². The molecule has 6 nitrogen and oxygen atoms in total. The van der Waals surface area contributed by atoms with E-state index in [0.717, 1.165) is 38.5 Å². The van der Waals surface area contributed by atoms with Gasteiger partial charge in [-0.25, -0.2) is 0 Å². The minimum atomic E-state index is -1.26. The Labute approximate surface area is 215 Å². The van der Waals surface area contributed by atoms with Crippen LogP contribution in [0.2, 0.25) is 0 Å². The first kappa shape index (κ1) is 31.9. The predicted molar refractivity (Wildman–Crippen MR) is 144 cm³/mol. The Hall–Kier alpha value is -1.14. The zero-order valence-corrected chi connectivity index (χ0v) is 24.0. The number of carbonyl (C=O) groups excluding carboxylic acids is 2. The average molecular weight is 497 g/mol. The lowest BCUT2D eigenvalue weighted by Gasteiger charge is -2.55. The molecule has 1 rings (SSSR count). The standard InChI is InChI=1S/C29H56N2O4/c1-9-15-28(34,16-10-2)23(21(5)6)31(26(33)27(25(30)32)19-13-14-20-27)24(22(7)8)29(35,17-11-3)18-12-4/h21-24,34-35H,9-20H2,1-8H3,(H2,30,32). The quantitative estimate of drug-likeness (QED) is 0.243. The molecule has 0 saturated heterocycles. The molecule has 1 aliphatic carbocycles. The van der Waals surface area contributed by atoms with E-state index in [1.807, 2.05) is 32.6 Å². The van der Waals surface area contributed by atoms with Gasteiger partial charge in [0, 0.05) is 0 Å². The van der Waals surface area contributed by atoms with E-state index in [0.29, 0.717) is 38.5 Å². The summed E-state index contributed by atoms with van der Waals surface area (Å²) < 4.78 is 0. The zero-order valence-electron chi connectivity index (χ0n) is 24.0. The van der Waals surface area contributed by atoms with Gasteiger partial charge in [-0.05, 0) is 50.4 Å². The fourth-order valence-electron chi connectivity index (χ4n) is 7.19. The van der Waals surface area contributed by atoms with E-state index in [2.05, 4.69) is 27.7 Å². The van der Waals surface area contributed by atoms with Crippen molar-refractivity contribution in [3.8, 4) is 0 Å². The third kappa shape index (κ3) is 6.80. The molecule has 2 amide bonds. The van der Waals surface area contributed by atoms with Gasteiger partial charge in [-0.2, -0.15) is 0 Å². The van der Waals surface area contributed by atoms with Crippen molar-refractivity contribution in [2.45, 2.75) is 156 Å². The molecule has 0 heterocycles. The Bertz CT molecular complexity index is 624. The summed E-state index contributed by atoms with van der Waals surface area (Å²) in [5, 5.41) is 24.4. The van der Waals surface area contributed by atoms with Crippen molar-refractivity contribution in [3.63, 3.8) is 0 Å². The Morgan fingerprint density at radius 3 is 1.31 bits per heavy atom. The highest BCUT2D eigenvalue weighted by Gasteiger charge is 2.57. The summed E-state index contributed by atoms with van der Waals surface area (Å²) in [5.41, 5.74) is 2.47. The number of hydrogen-bond donors (Lipinski definition) is 3. The second-order valence-corrected chi connectivity index (χ2v) is 12.0. The SMILES string of the molecule is CCCC(O)(CCC)C(C(C)C)N(C(=O)C1(C(N)=O)CCCC1)C(C(C)C)C(O)(CCC)CCC.